The Morgan fingerprint density at radius 2 is 1.88 bits per heavy atom. The van der Waals surface area contributed by atoms with E-state index in [1.54, 1.807) is 18.2 Å². The molecule has 0 radical (unpaired) electrons. The summed E-state index contributed by atoms with van der Waals surface area (Å²) in [5, 5.41) is 2.56. The fourth-order valence-corrected chi connectivity index (χ4v) is 3.56. The van der Waals surface area contributed by atoms with Gasteiger partial charge in [-0.15, -0.1) is 0 Å². The number of nitrogens with zero attached hydrogens (tertiary/aromatic N) is 1. The first-order valence-corrected chi connectivity index (χ1v) is 8.97. The van der Waals surface area contributed by atoms with Gasteiger partial charge in [-0.1, -0.05) is 6.07 Å². The van der Waals surface area contributed by atoms with E-state index in [1.165, 1.54) is 10.4 Å². The maximum Gasteiger partial charge on any atom is 0.255 e. The smallest absolute Gasteiger partial charge is 0.255 e. The summed E-state index contributed by atoms with van der Waals surface area (Å²) in [5.74, 6) is -2.76. The highest BCUT2D eigenvalue weighted by Gasteiger charge is 2.26. The van der Waals surface area contributed by atoms with Crippen molar-refractivity contribution in [2.24, 2.45) is 0 Å². The molecular weight excluding hydrogens is 338 g/mol. The van der Waals surface area contributed by atoms with Crippen LogP contribution in [0.25, 0.3) is 0 Å². The van der Waals surface area contributed by atoms with Crippen LogP contribution in [0.15, 0.2) is 36.4 Å². The zero-order chi connectivity index (χ0) is 17.5. The van der Waals surface area contributed by atoms with Gasteiger partial charge in [-0.25, -0.2) is 17.2 Å². The van der Waals surface area contributed by atoms with Crippen LogP contribution in [0.4, 0.5) is 20.2 Å². The van der Waals surface area contributed by atoms with Crippen LogP contribution >= 0.6 is 0 Å². The lowest BCUT2D eigenvalue weighted by molar-refractivity contribution is 0.102. The molecule has 1 heterocycles. The Kier molecular flexibility index (Phi) is 4.00. The van der Waals surface area contributed by atoms with Crippen molar-refractivity contribution < 1.29 is 22.0 Å². The van der Waals surface area contributed by atoms with E-state index in [2.05, 4.69) is 5.32 Å². The monoisotopic (exact) mass is 352 g/mol. The van der Waals surface area contributed by atoms with Gasteiger partial charge in [0.15, 0.2) is 11.6 Å². The van der Waals surface area contributed by atoms with Crippen molar-refractivity contribution in [3.63, 3.8) is 0 Å². The maximum atomic E-state index is 13.2. The van der Waals surface area contributed by atoms with Crippen molar-refractivity contribution in [1.29, 1.82) is 0 Å². The van der Waals surface area contributed by atoms with Crippen molar-refractivity contribution in [3.05, 3.63) is 59.2 Å². The van der Waals surface area contributed by atoms with Crippen LogP contribution in [0.1, 0.15) is 15.9 Å². The number of rotatable bonds is 3. The molecule has 126 valence electrons. The second kappa shape index (κ2) is 5.86. The number of benzene rings is 2. The molecule has 2 aromatic carbocycles. The van der Waals surface area contributed by atoms with E-state index in [-0.39, 0.29) is 5.56 Å². The molecule has 1 aliphatic rings. The minimum atomic E-state index is -3.39. The number of halogens is 2. The molecule has 24 heavy (non-hydrogen) atoms. The van der Waals surface area contributed by atoms with Crippen LogP contribution in [0, 0.1) is 11.6 Å². The molecule has 0 aliphatic carbocycles. The van der Waals surface area contributed by atoms with Gasteiger partial charge in [0.25, 0.3) is 5.91 Å². The number of amides is 1. The topological polar surface area (TPSA) is 66.5 Å². The standard InChI is InChI=1S/C16H14F2N2O3S/c1-24(22,23)20-7-6-10-2-4-12(9-15(10)20)19-16(21)11-3-5-13(17)14(18)8-11/h2-5,8-9H,6-7H2,1H3,(H,19,21). The van der Waals surface area contributed by atoms with Gasteiger partial charge >= 0.3 is 0 Å². The first-order valence-electron chi connectivity index (χ1n) is 7.13. The third-order valence-electron chi connectivity index (χ3n) is 3.78. The number of carbonyl (C=O) groups is 1. The van der Waals surface area contributed by atoms with Crippen molar-refractivity contribution >= 4 is 27.3 Å². The zero-order valence-corrected chi connectivity index (χ0v) is 13.5. The minimum absolute atomic E-state index is 0.0330. The van der Waals surface area contributed by atoms with E-state index in [0.717, 1.165) is 24.0 Å². The molecule has 1 aliphatic heterocycles. The van der Waals surface area contributed by atoms with Crippen molar-refractivity contribution in [2.45, 2.75) is 6.42 Å². The van der Waals surface area contributed by atoms with Crippen LogP contribution in [0.3, 0.4) is 0 Å². The second-order valence-electron chi connectivity index (χ2n) is 5.51. The molecule has 1 N–H and O–H groups in total. The van der Waals surface area contributed by atoms with Crippen LogP contribution < -0.4 is 9.62 Å². The first kappa shape index (κ1) is 16.4. The van der Waals surface area contributed by atoms with Crippen LogP contribution in [0.5, 0.6) is 0 Å². The molecule has 3 rings (SSSR count). The predicted molar refractivity (Wildman–Crippen MR) is 86.6 cm³/mol. The Morgan fingerprint density at radius 1 is 1.12 bits per heavy atom. The average Bonchev–Trinajstić information content (AvgIpc) is 2.93. The molecule has 0 saturated heterocycles. The summed E-state index contributed by atoms with van der Waals surface area (Å²) in [4.78, 5) is 12.1. The zero-order valence-electron chi connectivity index (χ0n) is 12.7. The average molecular weight is 352 g/mol. The number of hydrogen-bond donors (Lipinski definition) is 1. The lowest BCUT2D eigenvalue weighted by Crippen LogP contribution is -2.27. The van der Waals surface area contributed by atoms with Gasteiger partial charge in [-0.05, 0) is 42.3 Å². The van der Waals surface area contributed by atoms with E-state index in [9.17, 15) is 22.0 Å². The lowest BCUT2D eigenvalue weighted by Gasteiger charge is -2.17. The third kappa shape index (κ3) is 3.09. The van der Waals surface area contributed by atoms with E-state index in [1.807, 2.05) is 0 Å². The molecule has 0 saturated carbocycles. The molecule has 2 aromatic rings. The van der Waals surface area contributed by atoms with E-state index >= 15 is 0 Å². The van der Waals surface area contributed by atoms with Gasteiger partial charge in [0.1, 0.15) is 0 Å². The summed E-state index contributed by atoms with van der Waals surface area (Å²) in [7, 11) is -3.39. The Labute approximate surface area is 138 Å². The molecule has 5 nitrogen and oxygen atoms in total. The van der Waals surface area contributed by atoms with E-state index in [0.29, 0.717) is 24.3 Å². The molecular formula is C16H14F2N2O3S. The van der Waals surface area contributed by atoms with Gasteiger partial charge in [0, 0.05) is 17.8 Å². The molecule has 0 aromatic heterocycles. The maximum absolute atomic E-state index is 13.2. The number of carbonyl (C=O) groups excluding carboxylic acids is 1. The highest BCUT2D eigenvalue weighted by molar-refractivity contribution is 7.92. The Hall–Kier alpha value is -2.48. The minimum Gasteiger partial charge on any atom is -0.322 e. The highest BCUT2D eigenvalue weighted by atomic mass is 32.2. The van der Waals surface area contributed by atoms with Gasteiger partial charge in [-0.2, -0.15) is 0 Å². The van der Waals surface area contributed by atoms with Crippen molar-refractivity contribution in [1.82, 2.24) is 0 Å². The van der Waals surface area contributed by atoms with Crippen LogP contribution in [-0.2, 0) is 16.4 Å². The summed E-state index contributed by atoms with van der Waals surface area (Å²) in [5.41, 5.74) is 1.72. The van der Waals surface area contributed by atoms with Gasteiger partial charge < -0.3 is 5.32 Å². The molecule has 0 bridgehead atoms. The van der Waals surface area contributed by atoms with E-state index in [4.69, 9.17) is 0 Å². The number of fused-ring (bicyclic) bond motifs is 1. The SMILES string of the molecule is CS(=O)(=O)N1CCc2ccc(NC(=O)c3ccc(F)c(F)c3)cc21. The molecule has 0 unspecified atom stereocenters. The summed E-state index contributed by atoms with van der Waals surface area (Å²) in [6.45, 7) is 0.356. The molecule has 0 spiro atoms. The highest BCUT2D eigenvalue weighted by Crippen LogP contribution is 2.32. The fraction of sp³-hybridized carbons (Fsp3) is 0.188. The quantitative estimate of drug-likeness (QED) is 0.923. The molecule has 1 amide bonds. The first-order chi connectivity index (χ1) is 11.3. The summed E-state index contributed by atoms with van der Waals surface area (Å²) < 4.78 is 51.0. The molecule has 0 fully saturated rings. The Balaban J connectivity index is 1.86. The number of hydrogen-bond acceptors (Lipinski definition) is 3. The summed E-state index contributed by atoms with van der Waals surface area (Å²) >= 11 is 0. The number of nitrogens with one attached hydrogen (secondary N) is 1. The van der Waals surface area contributed by atoms with Gasteiger partial charge in [0.2, 0.25) is 10.0 Å². The van der Waals surface area contributed by atoms with Gasteiger partial charge in [0.05, 0.1) is 11.9 Å². The number of sulfonamides is 1. The molecule has 0 atom stereocenters. The fourth-order valence-electron chi connectivity index (χ4n) is 2.61. The van der Waals surface area contributed by atoms with Crippen LogP contribution in [-0.4, -0.2) is 27.1 Å². The molecule has 8 heteroatoms. The number of anilines is 2. The lowest BCUT2D eigenvalue weighted by atomic mass is 10.1. The Morgan fingerprint density at radius 3 is 2.54 bits per heavy atom. The Bertz CT molecular complexity index is 929. The van der Waals surface area contributed by atoms with Crippen LogP contribution in [0.2, 0.25) is 0 Å². The summed E-state index contributed by atoms with van der Waals surface area (Å²) in [6.07, 6.45) is 1.72. The van der Waals surface area contributed by atoms with Crippen molar-refractivity contribution in [2.75, 3.05) is 22.4 Å². The van der Waals surface area contributed by atoms with E-state index < -0.39 is 27.6 Å². The summed E-state index contributed by atoms with van der Waals surface area (Å²) in [6, 6.07) is 7.79. The largest absolute Gasteiger partial charge is 0.322 e. The van der Waals surface area contributed by atoms with Crippen molar-refractivity contribution in [3.8, 4) is 0 Å². The normalized spacial score (nSPS) is 13.7. The predicted octanol–water partition coefficient (Wildman–Crippen LogP) is 2.54. The third-order valence-corrected chi connectivity index (χ3v) is 4.96. The second-order valence-corrected chi connectivity index (χ2v) is 7.42. The van der Waals surface area contributed by atoms with Gasteiger partial charge in [-0.3, -0.25) is 9.10 Å².